The van der Waals surface area contributed by atoms with Gasteiger partial charge in [0.25, 0.3) is 5.91 Å². The van der Waals surface area contributed by atoms with Crippen LogP contribution >= 0.6 is 0 Å². The number of ether oxygens (including phenoxy) is 1. The molecule has 1 heterocycles. The smallest absolute Gasteiger partial charge is 0.255 e. The van der Waals surface area contributed by atoms with E-state index >= 15 is 0 Å². The van der Waals surface area contributed by atoms with Crippen LogP contribution in [0.5, 0.6) is 5.75 Å². The van der Waals surface area contributed by atoms with E-state index in [0.29, 0.717) is 13.2 Å². The molecule has 1 amide bonds. The van der Waals surface area contributed by atoms with Crippen LogP contribution in [0.25, 0.3) is 0 Å². The zero-order valence-electron chi connectivity index (χ0n) is 14.9. The predicted octanol–water partition coefficient (Wildman–Crippen LogP) is 1.47. The van der Waals surface area contributed by atoms with Crippen molar-refractivity contribution in [2.45, 2.75) is 50.8 Å². The Morgan fingerprint density at radius 2 is 2.00 bits per heavy atom. The largest absolute Gasteiger partial charge is 0.507 e. The molecule has 2 aliphatic rings. The van der Waals surface area contributed by atoms with Crippen molar-refractivity contribution in [1.29, 1.82) is 0 Å². The number of phenolic OH excluding ortho intramolecular Hbond substituents is 1. The summed E-state index contributed by atoms with van der Waals surface area (Å²) < 4.78 is 5.37. The van der Waals surface area contributed by atoms with Crippen LogP contribution in [0.3, 0.4) is 0 Å². The number of rotatable bonds is 4. The topological polar surface area (TPSA) is 82.0 Å². The number of nitrogens with zero attached hydrogens (tertiary/aromatic N) is 1. The number of hydrogen-bond acceptors (Lipinski definition) is 5. The second-order valence-electron chi connectivity index (χ2n) is 7.29. The first-order chi connectivity index (χ1) is 12.0. The number of aromatic hydroxyl groups is 1. The summed E-state index contributed by atoms with van der Waals surface area (Å²) in [6.07, 6.45) is 0.987. The van der Waals surface area contributed by atoms with Crippen LogP contribution in [0.1, 0.15) is 48.5 Å². The van der Waals surface area contributed by atoms with E-state index in [1.165, 1.54) is 0 Å². The third-order valence-corrected chi connectivity index (χ3v) is 5.34. The minimum absolute atomic E-state index is 0.0286. The molecule has 0 spiro atoms. The van der Waals surface area contributed by atoms with Crippen molar-refractivity contribution in [3.63, 3.8) is 0 Å². The highest BCUT2D eigenvalue weighted by Crippen LogP contribution is 2.27. The molecule has 0 radical (unpaired) electrons. The Morgan fingerprint density at radius 1 is 1.28 bits per heavy atom. The maximum Gasteiger partial charge on any atom is 0.255 e. The third kappa shape index (κ3) is 3.97. The van der Waals surface area contributed by atoms with Gasteiger partial charge < -0.3 is 20.3 Å². The molecule has 3 atom stereocenters. The van der Waals surface area contributed by atoms with Crippen LogP contribution < -0.4 is 5.32 Å². The second kappa shape index (κ2) is 7.72. The number of hydrogen-bond donors (Lipinski definition) is 3. The van der Waals surface area contributed by atoms with Gasteiger partial charge in [0, 0.05) is 19.1 Å². The highest BCUT2D eigenvalue weighted by atomic mass is 16.5. The Kier molecular flexibility index (Phi) is 5.61. The normalized spacial score (nSPS) is 27.6. The maximum atomic E-state index is 12.6. The summed E-state index contributed by atoms with van der Waals surface area (Å²) in [6, 6.07) is 4.89. The average Bonchev–Trinajstić information content (AvgIpc) is 2.96. The van der Waals surface area contributed by atoms with Gasteiger partial charge in [-0.3, -0.25) is 9.69 Å². The highest BCUT2D eigenvalue weighted by Gasteiger charge is 2.39. The van der Waals surface area contributed by atoms with Crippen LogP contribution in [0.2, 0.25) is 0 Å². The molecule has 0 bridgehead atoms. The van der Waals surface area contributed by atoms with Crippen molar-refractivity contribution in [3.05, 3.63) is 29.3 Å². The molecule has 1 aromatic carbocycles. The van der Waals surface area contributed by atoms with E-state index in [2.05, 4.69) is 10.2 Å². The SMILES string of the molecule is CC(C)c1ccc(O)c(C(=O)N[C@@H]2CC[C@@H](N3CCOCC3)[C@@H]2O)c1. The zero-order valence-corrected chi connectivity index (χ0v) is 14.9. The lowest BCUT2D eigenvalue weighted by atomic mass is 9.99. The minimum Gasteiger partial charge on any atom is -0.507 e. The summed E-state index contributed by atoms with van der Waals surface area (Å²) in [4.78, 5) is 14.9. The number of morpholine rings is 1. The molecule has 1 saturated carbocycles. The number of phenols is 1. The monoisotopic (exact) mass is 348 g/mol. The summed E-state index contributed by atoms with van der Waals surface area (Å²) in [7, 11) is 0. The van der Waals surface area contributed by atoms with Crippen molar-refractivity contribution in [2.75, 3.05) is 26.3 Å². The molecular formula is C19H28N2O4. The molecule has 1 saturated heterocycles. The van der Waals surface area contributed by atoms with Gasteiger partial charge in [0.05, 0.1) is 30.9 Å². The third-order valence-electron chi connectivity index (χ3n) is 5.34. The number of aliphatic hydroxyl groups is 1. The fraction of sp³-hybridized carbons (Fsp3) is 0.632. The molecule has 3 rings (SSSR count). The van der Waals surface area contributed by atoms with Gasteiger partial charge in [-0.15, -0.1) is 0 Å². The molecule has 1 aliphatic heterocycles. The number of carbonyl (C=O) groups is 1. The number of carbonyl (C=O) groups excluding carboxylic acids is 1. The van der Waals surface area contributed by atoms with Crippen molar-refractivity contribution >= 4 is 5.91 Å². The summed E-state index contributed by atoms with van der Waals surface area (Å²) >= 11 is 0. The number of nitrogens with one attached hydrogen (secondary N) is 1. The van der Waals surface area contributed by atoms with Gasteiger partial charge in [0.1, 0.15) is 5.75 Å². The first kappa shape index (κ1) is 18.2. The Labute approximate surface area is 148 Å². The summed E-state index contributed by atoms with van der Waals surface area (Å²) in [5, 5.41) is 23.6. The standard InChI is InChI=1S/C19H28N2O4/c1-12(2)13-3-6-17(22)14(11-13)19(24)20-15-4-5-16(18(15)23)21-7-9-25-10-8-21/h3,6,11-12,15-16,18,22-23H,4-5,7-10H2,1-2H3,(H,20,24)/t15-,16-,18-/m1/s1. The molecule has 6 heteroatoms. The lowest BCUT2D eigenvalue weighted by molar-refractivity contribution is -0.0154. The Bertz CT molecular complexity index is 613. The zero-order chi connectivity index (χ0) is 18.0. The van der Waals surface area contributed by atoms with Crippen molar-refractivity contribution in [1.82, 2.24) is 10.2 Å². The molecular weight excluding hydrogens is 320 g/mol. The van der Waals surface area contributed by atoms with Gasteiger partial charge in [-0.2, -0.15) is 0 Å². The molecule has 0 aromatic heterocycles. The molecule has 1 aromatic rings. The van der Waals surface area contributed by atoms with Gasteiger partial charge in [0.2, 0.25) is 0 Å². The van der Waals surface area contributed by atoms with Gasteiger partial charge in [0.15, 0.2) is 0 Å². The van der Waals surface area contributed by atoms with Gasteiger partial charge in [-0.1, -0.05) is 19.9 Å². The van der Waals surface area contributed by atoms with Crippen molar-refractivity contribution in [3.8, 4) is 5.75 Å². The summed E-state index contributed by atoms with van der Waals surface area (Å²) in [5.41, 5.74) is 1.27. The fourth-order valence-electron chi connectivity index (χ4n) is 3.77. The maximum absolute atomic E-state index is 12.6. The summed E-state index contributed by atoms with van der Waals surface area (Å²) in [6.45, 7) is 7.11. The van der Waals surface area contributed by atoms with Crippen LogP contribution in [0.4, 0.5) is 0 Å². The number of benzene rings is 1. The Hall–Kier alpha value is -1.63. The molecule has 138 valence electrons. The lowest BCUT2D eigenvalue weighted by Gasteiger charge is -2.34. The minimum atomic E-state index is -0.600. The van der Waals surface area contributed by atoms with Gasteiger partial charge in [-0.05, 0) is 36.5 Å². The summed E-state index contributed by atoms with van der Waals surface area (Å²) in [5.74, 6) is -0.0827. The van der Waals surface area contributed by atoms with E-state index in [1.54, 1.807) is 12.1 Å². The Balaban J connectivity index is 1.66. The number of amides is 1. The molecule has 25 heavy (non-hydrogen) atoms. The van der Waals surface area contributed by atoms with E-state index in [0.717, 1.165) is 31.5 Å². The molecule has 6 nitrogen and oxygen atoms in total. The van der Waals surface area contributed by atoms with Gasteiger partial charge >= 0.3 is 0 Å². The fourth-order valence-corrected chi connectivity index (χ4v) is 3.77. The number of aliphatic hydroxyl groups excluding tert-OH is 1. The van der Waals surface area contributed by atoms with Crippen molar-refractivity contribution < 1.29 is 19.7 Å². The van der Waals surface area contributed by atoms with E-state index in [-0.39, 0.29) is 35.2 Å². The second-order valence-corrected chi connectivity index (χ2v) is 7.29. The first-order valence-corrected chi connectivity index (χ1v) is 9.11. The van der Waals surface area contributed by atoms with E-state index in [4.69, 9.17) is 4.74 Å². The van der Waals surface area contributed by atoms with Crippen LogP contribution in [0, 0.1) is 0 Å². The van der Waals surface area contributed by atoms with Crippen LogP contribution in [0.15, 0.2) is 18.2 Å². The van der Waals surface area contributed by atoms with Crippen LogP contribution in [-0.2, 0) is 4.74 Å². The Morgan fingerprint density at radius 3 is 2.68 bits per heavy atom. The first-order valence-electron chi connectivity index (χ1n) is 9.11. The highest BCUT2D eigenvalue weighted by molar-refractivity contribution is 5.97. The van der Waals surface area contributed by atoms with Crippen molar-refractivity contribution in [2.24, 2.45) is 0 Å². The van der Waals surface area contributed by atoms with E-state index in [9.17, 15) is 15.0 Å². The van der Waals surface area contributed by atoms with Crippen LogP contribution in [-0.4, -0.2) is 65.5 Å². The van der Waals surface area contributed by atoms with E-state index in [1.807, 2.05) is 19.9 Å². The molecule has 1 aliphatic carbocycles. The lowest BCUT2D eigenvalue weighted by Crippen LogP contribution is -2.51. The quantitative estimate of drug-likeness (QED) is 0.768. The predicted molar refractivity (Wildman–Crippen MR) is 94.9 cm³/mol. The van der Waals surface area contributed by atoms with E-state index < -0.39 is 6.10 Å². The van der Waals surface area contributed by atoms with Gasteiger partial charge in [-0.25, -0.2) is 0 Å². The average molecular weight is 348 g/mol. The molecule has 2 fully saturated rings. The molecule has 3 N–H and O–H groups in total. The molecule has 0 unspecified atom stereocenters.